The van der Waals surface area contributed by atoms with E-state index in [1.54, 1.807) is 0 Å². The number of unbranched alkanes of at least 4 members (excludes halogenated alkanes) is 3. The van der Waals surface area contributed by atoms with Crippen molar-refractivity contribution in [1.82, 2.24) is 0 Å². The number of para-hydroxylation sites is 1. The van der Waals surface area contributed by atoms with Crippen molar-refractivity contribution in [3.63, 3.8) is 0 Å². The summed E-state index contributed by atoms with van der Waals surface area (Å²) in [5.41, 5.74) is 2.66. The average Bonchev–Trinajstić information content (AvgIpc) is 2.45. The van der Waals surface area contributed by atoms with Crippen LogP contribution in [0.1, 0.15) is 38.2 Å². The molecule has 1 heterocycles. The van der Waals surface area contributed by atoms with Gasteiger partial charge in [-0.15, -0.1) is 0 Å². The standard InChI is InChI=1S/C17H22N/c1-2-3-4-6-9-16-12-14-18(15-13-16)17-10-7-5-8-11-17/h5,7-8,10-15H,2-4,6,9H2,1H3/q+1. The van der Waals surface area contributed by atoms with Crippen LogP contribution in [0.4, 0.5) is 0 Å². The normalized spacial score (nSPS) is 10.5. The molecule has 0 amide bonds. The Kier molecular flexibility index (Phi) is 4.95. The van der Waals surface area contributed by atoms with Crippen LogP contribution in [0.15, 0.2) is 54.9 Å². The minimum Gasteiger partial charge on any atom is -0.167 e. The van der Waals surface area contributed by atoms with Crippen LogP contribution in [-0.4, -0.2) is 0 Å². The van der Waals surface area contributed by atoms with Gasteiger partial charge in [0, 0.05) is 24.3 Å². The Hall–Kier alpha value is -1.63. The first kappa shape index (κ1) is 12.8. The minimum absolute atomic E-state index is 1.20. The highest BCUT2D eigenvalue weighted by Gasteiger charge is 2.03. The zero-order valence-electron chi connectivity index (χ0n) is 11.2. The lowest BCUT2D eigenvalue weighted by Crippen LogP contribution is -2.29. The maximum atomic E-state index is 2.26. The molecular formula is C17H22N+. The van der Waals surface area contributed by atoms with E-state index in [-0.39, 0.29) is 0 Å². The second kappa shape index (κ2) is 6.95. The molecule has 2 rings (SSSR count). The number of aryl methyl sites for hydroxylation is 1. The van der Waals surface area contributed by atoms with Crippen LogP contribution in [0.2, 0.25) is 0 Å². The molecular weight excluding hydrogens is 218 g/mol. The Morgan fingerprint density at radius 3 is 2.22 bits per heavy atom. The van der Waals surface area contributed by atoms with E-state index >= 15 is 0 Å². The summed E-state index contributed by atoms with van der Waals surface area (Å²) in [7, 11) is 0. The molecule has 1 aromatic carbocycles. The molecule has 0 aliphatic rings. The van der Waals surface area contributed by atoms with Gasteiger partial charge in [-0.1, -0.05) is 44.4 Å². The maximum Gasteiger partial charge on any atom is 0.210 e. The Balaban J connectivity index is 1.94. The van der Waals surface area contributed by atoms with Crippen LogP contribution in [0.5, 0.6) is 0 Å². The largest absolute Gasteiger partial charge is 0.210 e. The van der Waals surface area contributed by atoms with Crippen molar-refractivity contribution in [3.05, 3.63) is 60.4 Å². The SMILES string of the molecule is CCCCCCc1cc[n+](-c2ccccc2)cc1. The van der Waals surface area contributed by atoms with Gasteiger partial charge in [-0.3, -0.25) is 0 Å². The fourth-order valence-electron chi connectivity index (χ4n) is 2.15. The molecule has 0 saturated heterocycles. The molecule has 0 spiro atoms. The first-order chi connectivity index (χ1) is 8.90. The van der Waals surface area contributed by atoms with Gasteiger partial charge in [0.25, 0.3) is 0 Å². The van der Waals surface area contributed by atoms with Crippen LogP contribution in [0, 0.1) is 0 Å². The van der Waals surface area contributed by atoms with Gasteiger partial charge in [0.1, 0.15) is 0 Å². The lowest BCUT2D eigenvalue weighted by molar-refractivity contribution is -0.595. The van der Waals surface area contributed by atoms with Crippen molar-refractivity contribution in [2.24, 2.45) is 0 Å². The van der Waals surface area contributed by atoms with Crippen molar-refractivity contribution in [1.29, 1.82) is 0 Å². The molecule has 0 aliphatic carbocycles. The molecule has 0 radical (unpaired) electrons. The Labute approximate surface area is 110 Å². The number of aromatic nitrogens is 1. The topological polar surface area (TPSA) is 3.88 Å². The van der Waals surface area contributed by atoms with Gasteiger partial charge in [-0.25, -0.2) is 0 Å². The van der Waals surface area contributed by atoms with Gasteiger partial charge >= 0.3 is 0 Å². The first-order valence-corrected chi connectivity index (χ1v) is 6.96. The number of nitrogens with zero attached hydrogens (tertiary/aromatic N) is 1. The second-order valence-corrected chi connectivity index (χ2v) is 4.76. The van der Waals surface area contributed by atoms with E-state index in [0.29, 0.717) is 0 Å². The lowest BCUT2D eigenvalue weighted by atomic mass is 10.1. The molecule has 1 aromatic heterocycles. The van der Waals surface area contributed by atoms with E-state index in [2.05, 4.69) is 60.3 Å². The number of pyridine rings is 1. The minimum atomic E-state index is 1.20. The predicted molar refractivity (Wildman–Crippen MR) is 75.8 cm³/mol. The zero-order valence-corrected chi connectivity index (χ0v) is 11.2. The summed E-state index contributed by atoms with van der Waals surface area (Å²) < 4.78 is 2.16. The Morgan fingerprint density at radius 1 is 0.833 bits per heavy atom. The highest BCUT2D eigenvalue weighted by Crippen LogP contribution is 2.07. The molecule has 94 valence electrons. The number of hydrogen-bond donors (Lipinski definition) is 0. The average molecular weight is 240 g/mol. The third-order valence-electron chi connectivity index (χ3n) is 3.27. The number of hydrogen-bond acceptors (Lipinski definition) is 0. The summed E-state index contributed by atoms with van der Waals surface area (Å²) in [6.45, 7) is 2.26. The molecule has 0 aliphatic heterocycles. The molecule has 2 aromatic rings. The summed E-state index contributed by atoms with van der Waals surface area (Å²) in [6.07, 6.45) is 10.8. The monoisotopic (exact) mass is 240 g/mol. The zero-order chi connectivity index (χ0) is 12.6. The molecule has 0 N–H and O–H groups in total. The van der Waals surface area contributed by atoms with Gasteiger partial charge in [-0.05, 0) is 18.4 Å². The smallest absolute Gasteiger partial charge is 0.167 e. The van der Waals surface area contributed by atoms with Crippen molar-refractivity contribution >= 4 is 0 Å². The molecule has 1 nitrogen and oxygen atoms in total. The van der Waals surface area contributed by atoms with E-state index in [0.717, 1.165) is 0 Å². The summed E-state index contributed by atoms with van der Waals surface area (Å²) >= 11 is 0. The van der Waals surface area contributed by atoms with E-state index in [9.17, 15) is 0 Å². The molecule has 1 heteroatoms. The van der Waals surface area contributed by atoms with Crippen LogP contribution < -0.4 is 4.57 Å². The van der Waals surface area contributed by atoms with Crippen molar-refractivity contribution in [2.45, 2.75) is 39.0 Å². The highest BCUT2D eigenvalue weighted by atomic mass is 14.9. The number of benzene rings is 1. The van der Waals surface area contributed by atoms with Crippen molar-refractivity contribution < 1.29 is 4.57 Å². The van der Waals surface area contributed by atoms with Crippen LogP contribution in [-0.2, 0) is 6.42 Å². The molecule has 0 atom stereocenters. The van der Waals surface area contributed by atoms with E-state index in [1.807, 2.05) is 6.07 Å². The molecule has 0 fully saturated rings. The van der Waals surface area contributed by atoms with E-state index in [4.69, 9.17) is 0 Å². The van der Waals surface area contributed by atoms with Crippen LogP contribution in [0.3, 0.4) is 0 Å². The fourth-order valence-corrected chi connectivity index (χ4v) is 2.15. The summed E-state index contributed by atoms with van der Waals surface area (Å²) in [6, 6.07) is 14.9. The molecule has 18 heavy (non-hydrogen) atoms. The van der Waals surface area contributed by atoms with Gasteiger partial charge in [0.15, 0.2) is 12.4 Å². The summed E-state index contributed by atoms with van der Waals surface area (Å²) in [5, 5.41) is 0. The van der Waals surface area contributed by atoms with Crippen LogP contribution >= 0.6 is 0 Å². The first-order valence-electron chi connectivity index (χ1n) is 6.96. The second-order valence-electron chi connectivity index (χ2n) is 4.76. The van der Waals surface area contributed by atoms with E-state index < -0.39 is 0 Å². The summed E-state index contributed by atoms with van der Waals surface area (Å²) in [5.74, 6) is 0. The third-order valence-corrected chi connectivity index (χ3v) is 3.27. The van der Waals surface area contributed by atoms with Gasteiger partial charge in [-0.2, -0.15) is 4.57 Å². The lowest BCUT2D eigenvalue weighted by Gasteiger charge is -2.00. The molecule has 0 unspecified atom stereocenters. The highest BCUT2D eigenvalue weighted by molar-refractivity contribution is 5.21. The molecule has 0 bridgehead atoms. The summed E-state index contributed by atoms with van der Waals surface area (Å²) in [4.78, 5) is 0. The fraction of sp³-hybridized carbons (Fsp3) is 0.353. The van der Waals surface area contributed by atoms with Gasteiger partial charge in [0.05, 0.1) is 0 Å². The van der Waals surface area contributed by atoms with Gasteiger partial charge in [0.2, 0.25) is 5.69 Å². The Morgan fingerprint density at radius 2 is 1.56 bits per heavy atom. The number of rotatable bonds is 6. The molecule has 0 saturated carbocycles. The predicted octanol–water partition coefficient (Wildman–Crippen LogP) is 4.09. The van der Waals surface area contributed by atoms with Crippen molar-refractivity contribution in [3.8, 4) is 5.69 Å². The third kappa shape index (κ3) is 3.69. The maximum absolute atomic E-state index is 2.26. The van der Waals surface area contributed by atoms with E-state index in [1.165, 1.54) is 43.4 Å². The van der Waals surface area contributed by atoms with Crippen molar-refractivity contribution in [2.75, 3.05) is 0 Å². The van der Waals surface area contributed by atoms with Crippen LogP contribution in [0.25, 0.3) is 5.69 Å². The quantitative estimate of drug-likeness (QED) is 0.529. The Bertz CT molecular complexity index is 445. The van der Waals surface area contributed by atoms with Gasteiger partial charge < -0.3 is 0 Å².